The molecule has 0 fully saturated rings. The Kier molecular flexibility index (Phi) is 11.8. The van der Waals surface area contributed by atoms with Gasteiger partial charge in [-0.2, -0.15) is 0 Å². The van der Waals surface area contributed by atoms with Crippen molar-refractivity contribution in [3.63, 3.8) is 0 Å². The van der Waals surface area contributed by atoms with E-state index in [0.717, 1.165) is 46.5 Å². The summed E-state index contributed by atoms with van der Waals surface area (Å²) in [5.41, 5.74) is 5.28. The Bertz CT molecular complexity index is 884. The molecule has 6 nitrogen and oxygen atoms in total. The third kappa shape index (κ3) is 8.17. The van der Waals surface area contributed by atoms with Crippen LogP contribution in [0, 0.1) is 12.8 Å². The highest BCUT2D eigenvalue weighted by Crippen LogP contribution is 2.25. The van der Waals surface area contributed by atoms with Crippen LogP contribution in [0.3, 0.4) is 0 Å². The number of aliphatic hydroxyl groups excluding tert-OH is 1. The number of aliphatic carboxylic acids is 1. The molecule has 0 radical (unpaired) electrons. The monoisotopic (exact) mass is 442 g/mol. The van der Waals surface area contributed by atoms with Crippen LogP contribution in [-0.2, 0) is 16.1 Å². The van der Waals surface area contributed by atoms with Crippen LogP contribution >= 0.6 is 0 Å². The number of allylic oxidation sites excluding steroid dienone is 4. The Balaban J connectivity index is 3.34. The van der Waals surface area contributed by atoms with E-state index >= 15 is 0 Å². The average Bonchev–Trinajstić information content (AvgIpc) is 2.77. The number of carbonyl (C=O) groups is 2. The minimum atomic E-state index is -1.09. The number of rotatable bonds is 13. The van der Waals surface area contributed by atoms with E-state index in [1.165, 1.54) is 0 Å². The van der Waals surface area contributed by atoms with Gasteiger partial charge in [-0.05, 0) is 73.9 Å². The molecule has 0 saturated carbocycles. The van der Waals surface area contributed by atoms with Gasteiger partial charge in [-0.25, -0.2) is 0 Å². The van der Waals surface area contributed by atoms with Crippen LogP contribution < -0.4 is 5.32 Å². The van der Waals surface area contributed by atoms with E-state index in [2.05, 4.69) is 19.2 Å². The lowest BCUT2D eigenvalue weighted by atomic mass is 9.93. The second-order valence-electron chi connectivity index (χ2n) is 8.13. The van der Waals surface area contributed by atoms with E-state index in [1.807, 2.05) is 58.0 Å². The van der Waals surface area contributed by atoms with E-state index in [4.69, 9.17) is 10.1 Å². The molecule has 0 aliphatic heterocycles. The minimum Gasteiger partial charge on any atom is -0.480 e. The molecule has 0 bridgehead atoms. The molecule has 3 N–H and O–H groups in total. The molecule has 0 heterocycles. The maximum absolute atomic E-state index is 12.3. The van der Waals surface area contributed by atoms with Crippen molar-refractivity contribution in [1.29, 1.82) is 0 Å². The molecule has 0 aliphatic carbocycles. The van der Waals surface area contributed by atoms with Crippen LogP contribution in [0.4, 0.5) is 5.69 Å². The summed E-state index contributed by atoms with van der Waals surface area (Å²) < 4.78 is 0. The van der Waals surface area contributed by atoms with Crippen LogP contribution in [0.15, 0.2) is 46.5 Å². The number of nitrogens with one attached hydrogen (secondary N) is 1. The van der Waals surface area contributed by atoms with Crippen LogP contribution in [0.2, 0.25) is 0 Å². The molecular weight excluding hydrogens is 404 g/mol. The topological polar surface area (TPSA) is 99.0 Å². The van der Waals surface area contributed by atoms with Crippen LogP contribution in [0.5, 0.6) is 0 Å². The Morgan fingerprint density at radius 1 is 1.25 bits per heavy atom. The molecule has 0 aliphatic rings. The number of nitrogens with zero attached hydrogens (tertiary/aromatic N) is 1. The number of carboxylic acids is 1. The number of benzene rings is 1. The number of carboxylic acid groups (broad SMARTS) is 1. The molecule has 176 valence electrons. The van der Waals surface area contributed by atoms with Gasteiger partial charge in [0.05, 0.1) is 18.0 Å². The standard InChI is InChI=1S/C26H38N2O4/c1-7-10-24(30)19(6)13-21(9-3)25(17(4)8-2)28-22-14-20(12-11-18(22)5)15-27-23(16-29)26(31)32/h9,11-14,17,23,27,29H,7-8,10,15-16H2,1-6H3,(H,31,32)/b19-13-,21-9+,28-25?/t17-,23?/m0/s1. The van der Waals surface area contributed by atoms with Crippen molar-refractivity contribution in [2.45, 2.75) is 73.4 Å². The molecule has 0 aromatic heterocycles. The number of hydrogen-bond acceptors (Lipinski definition) is 5. The molecule has 1 rings (SSSR count). The molecule has 0 spiro atoms. The van der Waals surface area contributed by atoms with Gasteiger partial charge in [0.25, 0.3) is 0 Å². The second kappa shape index (κ2) is 13.8. The number of aliphatic imine (C=N–C) groups is 1. The summed E-state index contributed by atoms with van der Waals surface area (Å²) in [6.45, 7) is 11.9. The average molecular weight is 443 g/mol. The van der Waals surface area contributed by atoms with Crippen molar-refractivity contribution in [3.8, 4) is 0 Å². The van der Waals surface area contributed by atoms with Crippen LogP contribution in [-0.4, -0.2) is 40.3 Å². The molecule has 6 heteroatoms. The zero-order chi connectivity index (χ0) is 24.3. The van der Waals surface area contributed by atoms with Gasteiger partial charge in [0.2, 0.25) is 0 Å². The van der Waals surface area contributed by atoms with Crippen molar-refractivity contribution < 1.29 is 19.8 Å². The summed E-state index contributed by atoms with van der Waals surface area (Å²) in [4.78, 5) is 28.4. The van der Waals surface area contributed by atoms with Crippen molar-refractivity contribution in [2.75, 3.05) is 6.61 Å². The summed E-state index contributed by atoms with van der Waals surface area (Å²) in [7, 11) is 0. The minimum absolute atomic E-state index is 0.150. The smallest absolute Gasteiger partial charge is 0.323 e. The molecule has 1 aromatic rings. The van der Waals surface area contributed by atoms with Crippen molar-refractivity contribution in [3.05, 3.63) is 52.6 Å². The van der Waals surface area contributed by atoms with Crippen molar-refractivity contribution in [2.24, 2.45) is 10.9 Å². The lowest BCUT2D eigenvalue weighted by molar-refractivity contribution is -0.140. The number of aliphatic hydroxyl groups is 1. The largest absolute Gasteiger partial charge is 0.480 e. The first-order valence-electron chi connectivity index (χ1n) is 11.3. The third-order valence-electron chi connectivity index (χ3n) is 5.52. The van der Waals surface area contributed by atoms with Gasteiger partial charge < -0.3 is 10.2 Å². The molecule has 32 heavy (non-hydrogen) atoms. The fourth-order valence-electron chi connectivity index (χ4n) is 3.18. The van der Waals surface area contributed by atoms with Crippen molar-refractivity contribution >= 4 is 23.2 Å². The molecule has 1 unspecified atom stereocenters. The van der Waals surface area contributed by atoms with E-state index in [9.17, 15) is 14.7 Å². The number of carbonyl (C=O) groups excluding carboxylic acids is 1. The summed E-state index contributed by atoms with van der Waals surface area (Å²) in [6, 6.07) is 4.81. The summed E-state index contributed by atoms with van der Waals surface area (Å²) in [5, 5.41) is 21.2. The Morgan fingerprint density at radius 3 is 2.47 bits per heavy atom. The first kappa shape index (κ1) is 27.5. The molecule has 0 saturated heterocycles. The van der Waals surface area contributed by atoms with Gasteiger partial charge >= 0.3 is 5.97 Å². The van der Waals surface area contributed by atoms with E-state index in [-0.39, 0.29) is 11.7 Å². The predicted octanol–water partition coefficient (Wildman–Crippen LogP) is 4.91. The zero-order valence-corrected chi connectivity index (χ0v) is 20.2. The number of Topliss-reactive ketones (excluding diaryl/α,β-unsaturated/α-hetero) is 1. The van der Waals surface area contributed by atoms with Gasteiger partial charge in [0.15, 0.2) is 5.78 Å². The number of aryl methyl sites for hydroxylation is 1. The number of ketones is 1. The summed E-state index contributed by atoms with van der Waals surface area (Å²) >= 11 is 0. The van der Waals surface area contributed by atoms with E-state index in [1.54, 1.807) is 0 Å². The van der Waals surface area contributed by atoms with Crippen LogP contribution in [0.25, 0.3) is 0 Å². The van der Waals surface area contributed by atoms with Gasteiger partial charge in [-0.1, -0.05) is 39.0 Å². The molecule has 0 amide bonds. The lowest BCUT2D eigenvalue weighted by Gasteiger charge is -2.17. The van der Waals surface area contributed by atoms with E-state index in [0.29, 0.717) is 13.0 Å². The predicted molar refractivity (Wildman–Crippen MR) is 131 cm³/mol. The Morgan fingerprint density at radius 2 is 1.94 bits per heavy atom. The first-order chi connectivity index (χ1) is 15.2. The van der Waals surface area contributed by atoms with Gasteiger partial charge in [-0.3, -0.25) is 19.9 Å². The lowest BCUT2D eigenvalue weighted by Crippen LogP contribution is -2.39. The zero-order valence-electron chi connectivity index (χ0n) is 20.2. The number of hydrogen-bond donors (Lipinski definition) is 3. The van der Waals surface area contributed by atoms with Gasteiger partial charge in [0, 0.05) is 13.0 Å². The summed E-state index contributed by atoms with van der Waals surface area (Å²) in [6.07, 6.45) is 6.19. The fraction of sp³-hybridized carbons (Fsp3) is 0.500. The maximum Gasteiger partial charge on any atom is 0.323 e. The highest BCUT2D eigenvalue weighted by atomic mass is 16.4. The van der Waals surface area contributed by atoms with Gasteiger partial charge in [0.1, 0.15) is 6.04 Å². The summed E-state index contributed by atoms with van der Waals surface area (Å²) in [5.74, 6) is -0.746. The Labute approximate surface area is 192 Å². The quantitative estimate of drug-likeness (QED) is 0.229. The maximum atomic E-state index is 12.3. The molecule has 1 aromatic carbocycles. The van der Waals surface area contributed by atoms with Crippen LogP contribution in [0.1, 0.15) is 65.0 Å². The molecule has 2 atom stereocenters. The normalized spacial score (nSPS) is 14.9. The highest BCUT2D eigenvalue weighted by molar-refractivity contribution is 6.07. The SMILES string of the molecule is C/C=C(\C=C(\C)C(=O)CCC)C(=Nc1cc(CNC(CO)C(=O)O)ccc1C)[C@@H](C)CC. The second-order valence-corrected chi connectivity index (χ2v) is 8.13. The van der Waals surface area contributed by atoms with Gasteiger partial charge in [-0.15, -0.1) is 0 Å². The third-order valence-corrected chi connectivity index (χ3v) is 5.52. The molecular formula is C26H38N2O4. The fourth-order valence-corrected chi connectivity index (χ4v) is 3.18. The Hall–Kier alpha value is -2.57. The van der Waals surface area contributed by atoms with E-state index < -0.39 is 18.6 Å². The highest BCUT2D eigenvalue weighted by Gasteiger charge is 2.17. The van der Waals surface area contributed by atoms with Crippen molar-refractivity contribution in [1.82, 2.24) is 5.32 Å². The first-order valence-corrected chi connectivity index (χ1v) is 11.3.